The maximum Gasteiger partial charge on any atom is 0.0543 e. The number of hydrogen-bond acceptors (Lipinski definition) is 4. The summed E-state index contributed by atoms with van der Waals surface area (Å²) in [6, 6.07) is 0. The quantitative estimate of drug-likeness (QED) is 0.287. The zero-order valence-corrected chi connectivity index (χ0v) is 23.1. The normalized spacial score (nSPS) is 43.1. The first-order valence-electron chi connectivity index (χ1n) is 14.8. The highest BCUT2D eigenvalue weighted by Gasteiger charge is 2.62. The molecule has 8 atom stereocenters. The molecule has 4 N–H and O–H groups in total. The molecule has 198 valence electrons. The van der Waals surface area contributed by atoms with Gasteiger partial charge in [0.15, 0.2) is 0 Å². The number of rotatable bonds is 10. The maximum atomic E-state index is 10.7. The molecule has 0 aromatic rings. The third-order valence-electron chi connectivity index (χ3n) is 11.0. The van der Waals surface area contributed by atoms with Crippen molar-refractivity contribution in [1.29, 1.82) is 0 Å². The summed E-state index contributed by atoms with van der Waals surface area (Å²) >= 11 is 0. The van der Waals surface area contributed by atoms with Gasteiger partial charge in [-0.2, -0.15) is 0 Å². The largest absolute Gasteiger partial charge is 0.393 e. The van der Waals surface area contributed by atoms with Gasteiger partial charge < -0.3 is 20.4 Å². The van der Waals surface area contributed by atoms with Crippen molar-refractivity contribution in [3.63, 3.8) is 0 Å². The van der Waals surface area contributed by atoms with Crippen LogP contribution in [0.25, 0.3) is 0 Å². The molecule has 4 rings (SSSR count). The number of aliphatic hydroxyl groups is 4. The lowest BCUT2D eigenvalue weighted by molar-refractivity contribution is 0.141. The van der Waals surface area contributed by atoms with Crippen molar-refractivity contribution in [2.45, 2.75) is 152 Å². The lowest BCUT2D eigenvalue weighted by Gasteiger charge is -2.61. The molecule has 0 bridgehead atoms. The molecular formula is C29H53O4P. The fourth-order valence-corrected chi connectivity index (χ4v) is 15.3. The van der Waals surface area contributed by atoms with Crippen LogP contribution in [-0.2, 0) is 0 Å². The molecule has 34 heavy (non-hydrogen) atoms. The van der Waals surface area contributed by atoms with Crippen molar-refractivity contribution < 1.29 is 20.4 Å². The Morgan fingerprint density at radius 2 is 0.824 bits per heavy atom. The van der Waals surface area contributed by atoms with Gasteiger partial charge in [-0.3, -0.25) is 0 Å². The average molecular weight is 497 g/mol. The Balaban J connectivity index is 1.86. The molecule has 0 aliphatic heterocycles. The third-order valence-corrected chi connectivity index (χ3v) is 16.0. The van der Waals surface area contributed by atoms with Crippen molar-refractivity contribution in [2.75, 3.05) is 6.16 Å². The van der Waals surface area contributed by atoms with Gasteiger partial charge in [0.1, 0.15) is 0 Å². The highest BCUT2D eigenvalue weighted by molar-refractivity contribution is 7.61. The van der Waals surface area contributed by atoms with E-state index >= 15 is 0 Å². The van der Waals surface area contributed by atoms with E-state index in [2.05, 4.69) is 20.8 Å². The first-order chi connectivity index (χ1) is 16.3. The first-order valence-corrected chi connectivity index (χ1v) is 16.3. The molecule has 0 spiro atoms. The SMILES string of the molecule is CCCP(C(CC)(C1CCC(O)C1)C1CCC(O)C1)C(CC)(C1CCC(O)C1)C1CCC(O)C1. The second-order valence-corrected chi connectivity index (χ2v) is 15.5. The molecule has 5 heteroatoms. The van der Waals surface area contributed by atoms with Crippen LogP contribution in [0.3, 0.4) is 0 Å². The van der Waals surface area contributed by atoms with Gasteiger partial charge in [-0.15, -0.1) is 0 Å². The van der Waals surface area contributed by atoms with E-state index < -0.39 is 7.92 Å². The van der Waals surface area contributed by atoms with Gasteiger partial charge in [0.25, 0.3) is 0 Å². The van der Waals surface area contributed by atoms with Crippen molar-refractivity contribution in [1.82, 2.24) is 0 Å². The van der Waals surface area contributed by atoms with Gasteiger partial charge in [0, 0.05) is 0 Å². The molecule has 4 saturated carbocycles. The Morgan fingerprint density at radius 1 is 0.529 bits per heavy atom. The van der Waals surface area contributed by atoms with Crippen LogP contribution in [0.4, 0.5) is 0 Å². The van der Waals surface area contributed by atoms with E-state index in [9.17, 15) is 20.4 Å². The molecule has 4 aliphatic carbocycles. The summed E-state index contributed by atoms with van der Waals surface area (Å²) in [4.78, 5) is 0. The predicted octanol–water partition coefficient (Wildman–Crippen LogP) is 5.82. The van der Waals surface area contributed by atoms with Gasteiger partial charge in [-0.25, -0.2) is 0 Å². The molecule has 0 heterocycles. The van der Waals surface area contributed by atoms with Crippen LogP contribution >= 0.6 is 7.92 Å². The minimum atomic E-state index is -0.421. The monoisotopic (exact) mass is 496 g/mol. The highest BCUT2D eigenvalue weighted by Crippen LogP contribution is 2.76. The summed E-state index contributed by atoms with van der Waals surface area (Å²) in [6.07, 6.45) is 16.1. The molecular weight excluding hydrogens is 443 g/mol. The van der Waals surface area contributed by atoms with Crippen molar-refractivity contribution in [2.24, 2.45) is 23.7 Å². The van der Waals surface area contributed by atoms with E-state index in [1.165, 1.54) is 12.6 Å². The van der Waals surface area contributed by atoms with E-state index in [1.807, 2.05) is 0 Å². The standard InChI is InChI=1S/C29H53O4P/c1-4-15-34(28(5-2,20-7-11-24(30)16-20)21-8-12-25(31)17-21)29(6-3,22-9-13-26(32)18-22)23-10-14-27(33)19-23/h20-27,30-33H,4-19H2,1-3H3. The van der Waals surface area contributed by atoms with E-state index in [4.69, 9.17) is 0 Å². The van der Waals surface area contributed by atoms with Crippen LogP contribution in [0, 0.1) is 23.7 Å². The van der Waals surface area contributed by atoms with E-state index in [0.717, 1.165) is 89.9 Å². The van der Waals surface area contributed by atoms with Crippen molar-refractivity contribution >= 4 is 7.92 Å². The van der Waals surface area contributed by atoms with Crippen LogP contribution in [0.15, 0.2) is 0 Å². The topological polar surface area (TPSA) is 80.9 Å². The lowest BCUT2D eigenvalue weighted by Crippen LogP contribution is -2.53. The number of hydrogen-bond donors (Lipinski definition) is 4. The fourth-order valence-electron chi connectivity index (χ4n) is 9.76. The van der Waals surface area contributed by atoms with Crippen LogP contribution in [-0.4, -0.2) is 61.3 Å². The van der Waals surface area contributed by atoms with Crippen LogP contribution in [0.2, 0.25) is 0 Å². The molecule has 4 aliphatic rings. The second kappa shape index (κ2) is 11.3. The van der Waals surface area contributed by atoms with E-state index in [-0.39, 0.29) is 34.7 Å². The minimum absolute atomic E-state index is 0.168. The molecule has 0 amide bonds. The summed E-state index contributed by atoms with van der Waals surface area (Å²) < 4.78 is 0. The van der Waals surface area contributed by atoms with Gasteiger partial charge in [0.2, 0.25) is 0 Å². The Bertz CT molecular complexity index is 564. The van der Waals surface area contributed by atoms with Crippen LogP contribution < -0.4 is 0 Å². The van der Waals surface area contributed by atoms with E-state index in [1.54, 1.807) is 0 Å². The Hall–Kier alpha value is 0.270. The molecule has 4 fully saturated rings. The van der Waals surface area contributed by atoms with Crippen LogP contribution in [0.1, 0.15) is 117 Å². The lowest BCUT2D eigenvalue weighted by atomic mass is 9.75. The summed E-state index contributed by atoms with van der Waals surface area (Å²) in [6.45, 7) is 7.21. The summed E-state index contributed by atoms with van der Waals surface area (Å²) in [7, 11) is -0.421. The average Bonchev–Trinajstić information content (AvgIpc) is 3.61. The van der Waals surface area contributed by atoms with Gasteiger partial charge in [-0.1, -0.05) is 35.1 Å². The Labute approximate surface area is 210 Å². The maximum absolute atomic E-state index is 10.7. The number of aliphatic hydroxyl groups excluding tert-OH is 4. The highest BCUT2D eigenvalue weighted by atomic mass is 31.1. The Kier molecular flexibility index (Phi) is 9.11. The van der Waals surface area contributed by atoms with Crippen LogP contribution in [0.5, 0.6) is 0 Å². The second-order valence-electron chi connectivity index (χ2n) is 12.5. The third kappa shape index (κ3) is 4.78. The predicted molar refractivity (Wildman–Crippen MR) is 142 cm³/mol. The first kappa shape index (κ1) is 27.3. The van der Waals surface area contributed by atoms with Gasteiger partial charge in [-0.05, 0) is 130 Å². The molecule has 0 radical (unpaired) electrons. The molecule has 8 unspecified atom stereocenters. The van der Waals surface area contributed by atoms with Crippen molar-refractivity contribution in [3.05, 3.63) is 0 Å². The molecule has 0 aromatic heterocycles. The zero-order chi connectivity index (χ0) is 24.5. The summed E-state index contributed by atoms with van der Waals surface area (Å²) in [5, 5.41) is 43.2. The Morgan fingerprint density at radius 3 is 1.00 bits per heavy atom. The molecule has 0 aromatic carbocycles. The zero-order valence-electron chi connectivity index (χ0n) is 22.2. The smallest absolute Gasteiger partial charge is 0.0543 e. The van der Waals surface area contributed by atoms with E-state index in [0.29, 0.717) is 23.7 Å². The summed E-state index contributed by atoms with van der Waals surface area (Å²) in [5.74, 6) is 2.18. The van der Waals surface area contributed by atoms with Gasteiger partial charge in [0.05, 0.1) is 24.4 Å². The molecule has 4 nitrogen and oxygen atoms in total. The van der Waals surface area contributed by atoms with Gasteiger partial charge >= 0.3 is 0 Å². The molecule has 0 saturated heterocycles. The van der Waals surface area contributed by atoms with Crippen molar-refractivity contribution in [3.8, 4) is 0 Å². The fraction of sp³-hybridized carbons (Fsp3) is 1.00. The summed E-state index contributed by atoms with van der Waals surface area (Å²) in [5.41, 5.74) is 0. The minimum Gasteiger partial charge on any atom is -0.393 e.